The summed E-state index contributed by atoms with van der Waals surface area (Å²) in [6.45, 7) is 6.25. The van der Waals surface area contributed by atoms with Crippen molar-refractivity contribution in [2.45, 2.75) is 25.4 Å². The van der Waals surface area contributed by atoms with E-state index in [0.717, 1.165) is 48.0 Å². The molecule has 2 fully saturated rings. The van der Waals surface area contributed by atoms with Gasteiger partial charge in [-0.25, -0.2) is 14.4 Å². The number of fused-ring (bicyclic) bond motifs is 1. The molecule has 1 amide bonds. The molecule has 9 heteroatoms. The lowest BCUT2D eigenvalue weighted by atomic mass is 9.96. The van der Waals surface area contributed by atoms with Crippen molar-refractivity contribution in [2.75, 3.05) is 31.6 Å². The van der Waals surface area contributed by atoms with E-state index in [1.165, 1.54) is 24.5 Å². The maximum Gasteiger partial charge on any atom is 0.245 e. The molecule has 182 valence electrons. The molecule has 35 heavy (non-hydrogen) atoms. The Labute approximate surface area is 207 Å². The minimum Gasteiger partial charge on any atom is -0.488 e. The summed E-state index contributed by atoms with van der Waals surface area (Å²) < 4.78 is 25.5. The van der Waals surface area contributed by atoms with E-state index >= 15 is 0 Å². The van der Waals surface area contributed by atoms with Crippen molar-refractivity contribution < 1.29 is 18.7 Å². The maximum absolute atomic E-state index is 13.6. The molecule has 5 rings (SSSR count). The van der Waals surface area contributed by atoms with E-state index in [4.69, 9.17) is 21.1 Å². The lowest BCUT2D eigenvalue weighted by molar-refractivity contribution is -0.125. The van der Waals surface area contributed by atoms with E-state index in [0.29, 0.717) is 37.2 Å². The molecule has 2 aromatic carbocycles. The van der Waals surface area contributed by atoms with Gasteiger partial charge in [-0.15, -0.1) is 0 Å². The van der Waals surface area contributed by atoms with Crippen LogP contribution >= 0.6 is 11.6 Å². The third kappa shape index (κ3) is 5.23. The van der Waals surface area contributed by atoms with Gasteiger partial charge in [0.15, 0.2) is 0 Å². The van der Waals surface area contributed by atoms with Gasteiger partial charge in [0.25, 0.3) is 0 Å². The van der Waals surface area contributed by atoms with Gasteiger partial charge in [0.2, 0.25) is 5.91 Å². The van der Waals surface area contributed by atoms with Crippen LogP contribution in [0.15, 0.2) is 49.3 Å². The third-order valence-corrected chi connectivity index (χ3v) is 6.75. The van der Waals surface area contributed by atoms with Crippen LogP contribution in [0.3, 0.4) is 0 Å². The molecule has 2 aliphatic rings. The number of hydrogen-bond acceptors (Lipinski definition) is 6. The fourth-order valence-electron chi connectivity index (χ4n) is 4.63. The van der Waals surface area contributed by atoms with Crippen LogP contribution in [0.4, 0.5) is 15.9 Å². The van der Waals surface area contributed by atoms with E-state index in [-0.39, 0.29) is 17.0 Å². The number of likely N-dealkylation sites (tertiary alicyclic amines) is 1. The van der Waals surface area contributed by atoms with Crippen LogP contribution in [-0.2, 0) is 16.0 Å². The molecule has 7 nitrogen and oxygen atoms in total. The summed E-state index contributed by atoms with van der Waals surface area (Å²) in [6.07, 6.45) is 5.33. The van der Waals surface area contributed by atoms with Crippen molar-refractivity contribution in [3.8, 4) is 5.75 Å². The van der Waals surface area contributed by atoms with E-state index < -0.39 is 5.82 Å². The van der Waals surface area contributed by atoms with Gasteiger partial charge in [-0.2, -0.15) is 0 Å². The van der Waals surface area contributed by atoms with Crippen molar-refractivity contribution in [1.29, 1.82) is 0 Å². The van der Waals surface area contributed by atoms with Gasteiger partial charge < -0.3 is 19.7 Å². The molecular formula is C26H26ClFN4O3. The number of nitrogens with one attached hydrogen (secondary N) is 1. The van der Waals surface area contributed by atoms with Gasteiger partial charge >= 0.3 is 0 Å². The summed E-state index contributed by atoms with van der Waals surface area (Å²) >= 11 is 5.96. The predicted octanol–water partition coefficient (Wildman–Crippen LogP) is 4.91. The second kappa shape index (κ2) is 10.2. The number of anilines is 2. The first kappa shape index (κ1) is 23.5. The minimum absolute atomic E-state index is 0.00518. The summed E-state index contributed by atoms with van der Waals surface area (Å²) in [4.78, 5) is 22.8. The van der Waals surface area contributed by atoms with Gasteiger partial charge in [-0.3, -0.25) is 4.79 Å². The molecule has 0 radical (unpaired) electrons. The van der Waals surface area contributed by atoms with Crippen LogP contribution in [0.25, 0.3) is 10.9 Å². The predicted molar refractivity (Wildman–Crippen MR) is 133 cm³/mol. The molecular weight excluding hydrogens is 471 g/mol. The highest BCUT2D eigenvalue weighted by atomic mass is 35.5. The monoisotopic (exact) mass is 496 g/mol. The Balaban J connectivity index is 1.48. The van der Waals surface area contributed by atoms with Crippen LogP contribution in [0.1, 0.15) is 18.4 Å². The van der Waals surface area contributed by atoms with Gasteiger partial charge in [-0.1, -0.05) is 18.2 Å². The topological polar surface area (TPSA) is 76.6 Å². The second-order valence-electron chi connectivity index (χ2n) is 8.90. The molecule has 2 unspecified atom stereocenters. The number of aromatic nitrogens is 2. The minimum atomic E-state index is -0.481. The van der Waals surface area contributed by atoms with Crippen LogP contribution in [-0.4, -0.2) is 53.2 Å². The van der Waals surface area contributed by atoms with Crippen molar-refractivity contribution >= 4 is 39.9 Å². The van der Waals surface area contributed by atoms with E-state index in [2.05, 4.69) is 21.9 Å². The normalized spacial score (nSPS) is 19.8. The number of hydrogen-bond donors (Lipinski definition) is 1. The Morgan fingerprint density at radius 3 is 2.97 bits per heavy atom. The molecule has 3 heterocycles. The molecule has 0 aliphatic carbocycles. The fraction of sp³-hybridized carbons (Fsp3) is 0.346. The number of nitrogens with zero attached hydrogens (tertiary/aromatic N) is 3. The number of halogens is 2. The number of carbonyl (C=O) groups is 1. The fourth-order valence-corrected chi connectivity index (χ4v) is 4.81. The first-order chi connectivity index (χ1) is 17.0. The summed E-state index contributed by atoms with van der Waals surface area (Å²) in [6, 6.07) is 8.43. The van der Waals surface area contributed by atoms with E-state index in [1.807, 2.05) is 17.0 Å². The average Bonchev–Trinajstić information content (AvgIpc) is 3.54. The number of ether oxygens (including phenoxy) is 2. The highest BCUT2D eigenvalue weighted by Gasteiger charge is 2.27. The zero-order valence-corrected chi connectivity index (χ0v) is 19.9. The Morgan fingerprint density at radius 1 is 1.31 bits per heavy atom. The van der Waals surface area contributed by atoms with E-state index in [1.54, 1.807) is 6.07 Å². The van der Waals surface area contributed by atoms with Crippen molar-refractivity contribution in [1.82, 2.24) is 14.9 Å². The van der Waals surface area contributed by atoms with Gasteiger partial charge in [0.05, 0.1) is 23.8 Å². The zero-order valence-electron chi connectivity index (χ0n) is 19.2. The van der Waals surface area contributed by atoms with Gasteiger partial charge in [0, 0.05) is 36.7 Å². The van der Waals surface area contributed by atoms with Crippen LogP contribution in [0.2, 0.25) is 5.02 Å². The summed E-state index contributed by atoms with van der Waals surface area (Å²) in [5.74, 6) is 1.14. The van der Waals surface area contributed by atoms with Crippen LogP contribution in [0.5, 0.6) is 5.75 Å². The van der Waals surface area contributed by atoms with Crippen molar-refractivity contribution in [2.24, 2.45) is 5.92 Å². The Hall–Kier alpha value is -3.23. The SMILES string of the molecule is C=CC(=O)N1CCC(Cc2cc3c(Nc4ccc(F)c(Cl)c4)ncnc3cc2OC2CCOC2)C1. The molecule has 1 N–H and O–H groups in total. The number of rotatable bonds is 7. The lowest BCUT2D eigenvalue weighted by Gasteiger charge is -2.20. The zero-order chi connectivity index (χ0) is 24.4. The lowest BCUT2D eigenvalue weighted by Crippen LogP contribution is -2.27. The van der Waals surface area contributed by atoms with Crippen LogP contribution in [0, 0.1) is 11.7 Å². The standard InChI is InChI=1S/C26H26ClFN4O3/c1-2-25(33)32-7-5-16(13-32)9-17-10-20-23(12-24(17)35-19-6-8-34-14-19)29-15-30-26(20)31-18-3-4-22(28)21(27)11-18/h2-4,10-12,15-16,19H,1,5-9,13-14H2,(H,29,30,31). The average molecular weight is 497 g/mol. The smallest absolute Gasteiger partial charge is 0.245 e. The molecule has 1 aromatic heterocycles. The Bertz CT molecular complexity index is 1260. The molecule has 0 spiro atoms. The highest BCUT2D eigenvalue weighted by Crippen LogP contribution is 2.34. The van der Waals surface area contributed by atoms with E-state index in [9.17, 15) is 9.18 Å². The second-order valence-corrected chi connectivity index (χ2v) is 9.31. The summed E-state index contributed by atoms with van der Waals surface area (Å²) in [7, 11) is 0. The van der Waals surface area contributed by atoms with Gasteiger partial charge in [-0.05, 0) is 54.7 Å². The molecule has 0 bridgehead atoms. The first-order valence-corrected chi connectivity index (χ1v) is 12.0. The number of carbonyl (C=O) groups excluding carboxylic acids is 1. The molecule has 2 atom stereocenters. The molecule has 0 saturated carbocycles. The van der Waals surface area contributed by atoms with Crippen LogP contribution < -0.4 is 10.1 Å². The van der Waals surface area contributed by atoms with Crippen molar-refractivity contribution in [3.05, 3.63) is 65.7 Å². The Kier molecular flexibility index (Phi) is 6.83. The Morgan fingerprint density at radius 2 is 2.20 bits per heavy atom. The molecule has 2 saturated heterocycles. The number of amides is 1. The van der Waals surface area contributed by atoms with Crippen molar-refractivity contribution in [3.63, 3.8) is 0 Å². The molecule has 3 aromatic rings. The van der Waals surface area contributed by atoms with Gasteiger partial charge in [0.1, 0.15) is 29.8 Å². The molecule has 2 aliphatic heterocycles. The first-order valence-electron chi connectivity index (χ1n) is 11.7. The number of benzene rings is 2. The maximum atomic E-state index is 13.6. The quantitative estimate of drug-likeness (QED) is 0.468. The third-order valence-electron chi connectivity index (χ3n) is 6.46. The summed E-state index contributed by atoms with van der Waals surface area (Å²) in [5, 5.41) is 4.08. The highest BCUT2D eigenvalue weighted by molar-refractivity contribution is 6.31. The largest absolute Gasteiger partial charge is 0.488 e. The summed E-state index contributed by atoms with van der Waals surface area (Å²) in [5.41, 5.74) is 2.37.